The highest BCUT2D eigenvalue weighted by molar-refractivity contribution is 6.30. The second kappa shape index (κ2) is 5.20. The molecule has 2 heterocycles. The van der Waals surface area contributed by atoms with Gasteiger partial charge in [-0.05, 0) is 24.6 Å². The summed E-state index contributed by atoms with van der Waals surface area (Å²) < 4.78 is 5.35. The molecule has 0 saturated heterocycles. The Hall–Kier alpha value is -2.78. The number of H-pyrrole nitrogens is 1. The lowest BCUT2D eigenvalue weighted by molar-refractivity contribution is 0.373. The first-order valence-electron chi connectivity index (χ1n) is 6.45. The highest BCUT2D eigenvalue weighted by Gasteiger charge is 2.34. The Morgan fingerprint density at radius 2 is 2.27 bits per heavy atom. The van der Waals surface area contributed by atoms with Crippen LogP contribution in [0.3, 0.4) is 0 Å². The summed E-state index contributed by atoms with van der Waals surface area (Å²) in [6.45, 7) is 1.64. The maximum atomic E-state index is 12.3. The topological polar surface area (TPSA) is 105 Å². The normalized spacial score (nSPS) is 16.7. The van der Waals surface area contributed by atoms with Crippen molar-refractivity contribution in [2.75, 3.05) is 0 Å². The highest BCUT2D eigenvalue weighted by atomic mass is 35.5. The Morgan fingerprint density at radius 3 is 2.95 bits per heavy atom. The van der Waals surface area contributed by atoms with Crippen LogP contribution in [0.2, 0.25) is 5.02 Å². The molecule has 0 bridgehead atoms. The van der Waals surface area contributed by atoms with Crippen molar-refractivity contribution in [2.24, 2.45) is 5.73 Å². The molecular formula is C15H11ClN4O2. The first-order chi connectivity index (χ1) is 10.5. The van der Waals surface area contributed by atoms with Crippen molar-refractivity contribution in [3.63, 3.8) is 0 Å². The molecule has 1 aromatic carbocycles. The van der Waals surface area contributed by atoms with E-state index >= 15 is 0 Å². The molecule has 7 heteroatoms. The van der Waals surface area contributed by atoms with Gasteiger partial charge in [0.2, 0.25) is 11.8 Å². The van der Waals surface area contributed by atoms with Gasteiger partial charge in [-0.25, -0.2) is 0 Å². The third kappa shape index (κ3) is 2.22. The molecule has 0 aliphatic carbocycles. The number of hydrogen-bond acceptors (Lipinski definition) is 5. The van der Waals surface area contributed by atoms with Gasteiger partial charge in [0.15, 0.2) is 0 Å². The van der Waals surface area contributed by atoms with Gasteiger partial charge in [0.25, 0.3) is 5.56 Å². The number of aryl methyl sites for hydroxylation is 1. The van der Waals surface area contributed by atoms with Gasteiger partial charge in [-0.2, -0.15) is 10.2 Å². The zero-order valence-corrected chi connectivity index (χ0v) is 12.3. The molecule has 1 aliphatic heterocycles. The van der Waals surface area contributed by atoms with Crippen LogP contribution in [0.25, 0.3) is 0 Å². The van der Waals surface area contributed by atoms with Gasteiger partial charge < -0.3 is 15.5 Å². The number of aromatic amines is 1. The molecule has 3 N–H and O–H groups in total. The van der Waals surface area contributed by atoms with E-state index in [0.29, 0.717) is 16.4 Å². The van der Waals surface area contributed by atoms with Crippen LogP contribution in [-0.2, 0) is 0 Å². The number of ether oxygens (including phenoxy) is 1. The van der Waals surface area contributed by atoms with E-state index in [-0.39, 0.29) is 28.5 Å². The molecule has 3 rings (SSSR count). The third-order valence-corrected chi connectivity index (χ3v) is 3.63. The molecular weight excluding hydrogens is 304 g/mol. The highest BCUT2D eigenvalue weighted by Crippen LogP contribution is 2.39. The number of fused-ring (bicyclic) bond motifs is 1. The fourth-order valence-electron chi connectivity index (χ4n) is 2.49. The summed E-state index contributed by atoms with van der Waals surface area (Å²) in [5, 5.41) is 9.90. The quantitative estimate of drug-likeness (QED) is 0.837. The Bertz CT molecular complexity index is 895. The summed E-state index contributed by atoms with van der Waals surface area (Å²) in [7, 11) is 0. The fraction of sp³-hybridized carbons (Fsp3) is 0.133. The van der Waals surface area contributed by atoms with Crippen LogP contribution >= 0.6 is 11.6 Å². The van der Waals surface area contributed by atoms with E-state index in [9.17, 15) is 10.1 Å². The predicted octanol–water partition coefficient (Wildman–Crippen LogP) is 1.95. The van der Waals surface area contributed by atoms with Crippen LogP contribution in [-0.4, -0.2) is 9.97 Å². The van der Waals surface area contributed by atoms with Crippen molar-refractivity contribution in [3.8, 4) is 11.9 Å². The number of hydrogen-bond donors (Lipinski definition) is 2. The summed E-state index contributed by atoms with van der Waals surface area (Å²) in [5.41, 5.74) is 6.53. The molecule has 1 atom stereocenters. The van der Waals surface area contributed by atoms with E-state index in [1.54, 1.807) is 31.2 Å². The molecule has 1 aliphatic rings. The molecule has 0 unspecified atom stereocenters. The first-order valence-corrected chi connectivity index (χ1v) is 6.83. The SMILES string of the molecule is Cc1nc2c(c(=O)[nH]1)[C@H](c1cccc(Cl)c1)C(C#N)=C(N)O2. The zero-order valence-electron chi connectivity index (χ0n) is 11.6. The van der Waals surface area contributed by atoms with Gasteiger partial charge in [-0.1, -0.05) is 23.7 Å². The lowest BCUT2D eigenvalue weighted by Crippen LogP contribution is -2.29. The minimum Gasteiger partial charge on any atom is -0.422 e. The van der Waals surface area contributed by atoms with E-state index < -0.39 is 5.92 Å². The molecule has 0 spiro atoms. The first kappa shape index (κ1) is 14.2. The van der Waals surface area contributed by atoms with Gasteiger partial charge >= 0.3 is 0 Å². The Balaban J connectivity index is 2.32. The lowest BCUT2D eigenvalue weighted by atomic mass is 9.85. The molecule has 6 nitrogen and oxygen atoms in total. The van der Waals surface area contributed by atoms with E-state index in [0.717, 1.165) is 0 Å². The average molecular weight is 315 g/mol. The van der Waals surface area contributed by atoms with Gasteiger partial charge in [-0.15, -0.1) is 0 Å². The number of benzene rings is 1. The van der Waals surface area contributed by atoms with Crippen molar-refractivity contribution in [1.82, 2.24) is 9.97 Å². The second-order valence-corrected chi connectivity index (χ2v) is 5.29. The molecule has 22 heavy (non-hydrogen) atoms. The maximum absolute atomic E-state index is 12.3. The maximum Gasteiger partial charge on any atom is 0.258 e. The Labute approximate surface area is 130 Å². The minimum atomic E-state index is -0.663. The molecule has 0 radical (unpaired) electrons. The van der Waals surface area contributed by atoms with E-state index in [4.69, 9.17) is 22.1 Å². The summed E-state index contributed by atoms with van der Waals surface area (Å²) >= 11 is 6.02. The van der Waals surface area contributed by atoms with Crippen LogP contribution in [0.4, 0.5) is 0 Å². The number of nitriles is 1. The molecule has 0 saturated carbocycles. The van der Waals surface area contributed by atoms with E-state index in [1.807, 2.05) is 6.07 Å². The summed E-state index contributed by atoms with van der Waals surface area (Å²) in [4.78, 5) is 19.1. The number of nitrogens with two attached hydrogens (primary N) is 1. The van der Waals surface area contributed by atoms with Gasteiger partial charge in [0, 0.05) is 5.02 Å². The van der Waals surface area contributed by atoms with Crippen LogP contribution < -0.4 is 16.0 Å². The number of halogens is 1. The summed E-state index contributed by atoms with van der Waals surface area (Å²) in [5.74, 6) is -0.202. The third-order valence-electron chi connectivity index (χ3n) is 3.39. The molecule has 0 amide bonds. The number of rotatable bonds is 1. The number of nitrogens with zero attached hydrogens (tertiary/aromatic N) is 2. The van der Waals surface area contributed by atoms with E-state index in [1.165, 1.54) is 0 Å². The number of allylic oxidation sites excluding steroid dienone is 1. The van der Waals surface area contributed by atoms with Crippen LogP contribution in [0.1, 0.15) is 22.9 Å². The van der Waals surface area contributed by atoms with Crippen LogP contribution in [0.5, 0.6) is 5.88 Å². The second-order valence-electron chi connectivity index (χ2n) is 4.85. The van der Waals surface area contributed by atoms with Gasteiger partial charge in [-0.3, -0.25) is 4.79 Å². The standard InChI is InChI=1S/C15H11ClN4O2/c1-7-19-14(21)12-11(8-3-2-4-9(16)5-8)10(6-17)13(18)22-15(12)20-7/h2-5,11H,18H2,1H3,(H,19,20,21)/t11-/m1/s1. The van der Waals surface area contributed by atoms with Crippen molar-refractivity contribution < 1.29 is 4.74 Å². The minimum absolute atomic E-state index is 0.0579. The summed E-state index contributed by atoms with van der Waals surface area (Å²) in [6.07, 6.45) is 0. The van der Waals surface area contributed by atoms with Crippen molar-refractivity contribution in [1.29, 1.82) is 5.26 Å². The smallest absolute Gasteiger partial charge is 0.258 e. The lowest BCUT2D eigenvalue weighted by Gasteiger charge is -2.24. The van der Waals surface area contributed by atoms with Crippen LogP contribution in [0.15, 0.2) is 40.5 Å². The molecule has 0 fully saturated rings. The number of aromatic nitrogens is 2. The molecule has 1 aromatic heterocycles. The molecule has 2 aromatic rings. The monoisotopic (exact) mass is 314 g/mol. The fourth-order valence-corrected chi connectivity index (χ4v) is 2.69. The summed E-state index contributed by atoms with van der Waals surface area (Å²) in [6, 6.07) is 8.92. The van der Waals surface area contributed by atoms with Crippen molar-refractivity contribution in [2.45, 2.75) is 12.8 Å². The largest absolute Gasteiger partial charge is 0.422 e. The van der Waals surface area contributed by atoms with Crippen LogP contribution in [0, 0.1) is 18.3 Å². The van der Waals surface area contributed by atoms with Gasteiger partial charge in [0.05, 0.1) is 11.5 Å². The van der Waals surface area contributed by atoms with Crippen molar-refractivity contribution >= 4 is 11.6 Å². The number of nitrogens with one attached hydrogen (secondary N) is 1. The Kier molecular flexibility index (Phi) is 3.35. The predicted molar refractivity (Wildman–Crippen MR) is 80.3 cm³/mol. The zero-order chi connectivity index (χ0) is 15.9. The van der Waals surface area contributed by atoms with E-state index in [2.05, 4.69) is 9.97 Å². The van der Waals surface area contributed by atoms with Gasteiger partial charge in [0.1, 0.15) is 17.5 Å². The Morgan fingerprint density at radius 1 is 1.50 bits per heavy atom. The molecule has 110 valence electrons. The van der Waals surface area contributed by atoms with Crippen molar-refractivity contribution in [3.05, 3.63) is 68.0 Å². The average Bonchev–Trinajstić information content (AvgIpc) is 2.45.